The molecule has 0 spiro atoms. The molecule has 1 heteroatoms. The fraction of sp³-hybridized carbons (Fsp3) is 0.938. The van der Waals surface area contributed by atoms with Crippen molar-refractivity contribution in [2.75, 3.05) is 6.61 Å². The Morgan fingerprint density at radius 3 is 1.88 bits per heavy atom. The van der Waals surface area contributed by atoms with Gasteiger partial charge in [0.05, 0.1) is 13.2 Å². The number of rotatable bonds is 11. The molecule has 0 unspecified atom stereocenters. The van der Waals surface area contributed by atoms with Gasteiger partial charge in [0.2, 0.25) is 0 Å². The predicted molar refractivity (Wildman–Crippen MR) is 76.9 cm³/mol. The fourth-order valence-corrected chi connectivity index (χ4v) is 1.75. The maximum absolute atomic E-state index is 5.53. The standard InChI is InChI=1S/C16H33O/c1-5-6-7-8-9-10-11-12-13-14-17-15-16(2,3)4/h14H,5-13,15H2,1-4H3. The highest BCUT2D eigenvalue weighted by Gasteiger charge is 2.09. The van der Waals surface area contributed by atoms with Gasteiger partial charge in [0, 0.05) is 0 Å². The van der Waals surface area contributed by atoms with Gasteiger partial charge in [-0.15, -0.1) is 0 Å². The van der Waals surface area contributed by atoms with Crippen molar-refractivity contribution in [1.82, 2.24) is 0 Å². The van der Waals surface area contributed by atoms with Crippen molar-refractivity contribution in [3.05, 3.63) is 6.61 Å². The third-order valence-electron chi connectivity index (χ3n) is 2.81. The molecule has 1 nitrogen and oxygen atoms in total. The van der Waals surface area contributed by atoms with E-state index in [0.29, 0.717) is 0 Å². The summed E-state index contributed by atoms with van der Waals surface area (Å²) in [5, 5.41) is 0. The molecule has 0 aromatic rings. The Bertz CT molecular complexity index is 146. The van der Waals surface area contributed by atoms with Gasteiger partial charge in [0.25, 0.3) is 0 Å². The summed E-state index contributed by atoms with van der Waals surface area (Å²) in [4.78, 5) is 0. The van der Waals surface area contributed by atoms with Gasteiger partial charge in [-0.25, -0.2) is 0 Å². The van der Waals surface area contributed by atoms with Gasteiger partial charge in [-0.05, 0) is 11.8 Å². The molecule has 0 aromatic carbocycles. The van der Waals surface area contributed by atoms with Crippen molar-refractivity contribution < 1.29 is 4.74 Å². The van der Waals surface area contributed by atoms with Gasteiger partial charge in [-0.2, -0.15) is 0 Å². The molecule has 0 atom stereocenters. The third-order valence-corrected chi connectivity index (χ3v) is 2.81. The van der Waals surface area contributed by atoms with Gasteiger partial charge in [-0.1, -0.05) is 79.1 Å². The lowest BCUT2D eigenvalue weighted by Gasteiger charge is -2.17. The molecule has 103 valence electrons. The average Bonchev–Trinajstić information content (AvgIpc) is 2.24. The number of unbranched alkanes of at least 4 members (excludes halogenated alkanes) is 8. The minimum absolute atomic E-state index is 0.287. The smallest absolute Gasteiger partial charge is 0.0836 e. The molecule has 17 heavy (non-hydrogen) atoms. The molecule has 0 saturated heterocycles. The summed E-state index contributed by atoms with van der Waals surface area (Å²) in [5.41, 5.74) is 0.287. The summed E-state index contributed by atoms with van der Waals surface area (Å²) in [5.74, 6) is 0. The van der Waals surface area contributed by atoms with Crippen LogP contribution in [0.25, 0.3) is 0 Å². The summed E-state index contributed by atoms with van der Waals surface area (Å²) in [6.07, 6.45) is 12.2. The van der Waals surface area contributed by atoms with Gasteiger partial charge in [0.1, 0.15) is 0 Å². The fourth-order valence-electron chi connectivity index (χ4n) is 1.75. The van der Waals surface area contributed by atoms with Crippen LogP contribution in [0.4, 0.5) is 0 Å². The molecule has 1 radical (unpaired) electrons. The van der Waals surface area contributed by atoms with E-state index in [1.165, 1.54) is 51.4 Å². The molecule has 0 rings (SSSR count). The number of hydrogen-bond acceptors (Lipinski definition) is 1. The van der Waals surface area contributed by atoms with Crippen molar-refractivity contribution in [3.8, 4) is 0 Å². The first-order valence-corrected chi connectivity index (χ1v) is 7.49. The summed E-state index contributed by atoms with van der Waals surface area (Å²) < 4.78 is 5.53. The number of ether oxygens (including phenoxy) is 1. The molecule has 0 heterocycles. The summed E-state index contributed by atoms with van der Waals surface area (Å²) in [7, 11) is 0. The van der Waals surface area contributed by atoms with E-state index in [0.717, 1.165) is 13.0 Å². The first-order chi connectivity index (χ1) is 8.06. The molecule has 0 saturated carbocycles. The van der Waals surface area contributed by atoms with E-state index in [2.05, 4.69) is 27.7 Å². The molecule has 0 N–H and O–H groups in total. The van der Waals surface area contributed by atoms with Gasteiger partial charge < -0.3 is 4.74 Å². The molecule has 0 fully saturated rings. The molecule has 0 aliphatic rings. The van der Waals surface area contributed by atoms with Crippen LogP contribution in [0.3, 0.4) is 0 Å². The molecule has 0 amide bonds. The van der Waals surface area contributed by atoms with E-state index < -0.39 is 0 Å². The summed E-state index contributed by atoms with van der Waals surface area (Å²) in [6.45, 7) is 11.7. The van der Waals surface area contributed by atoms with E-state index in [1.807, 2.05) is 6.61 Å². The molecule has 0 aromatic heterocycles. The summed E-state index contributed by atoms with van der Waals surface area (Å²) >= 11 is 0. The van der Waals surface area contributed by atoms with E-state index in [-0.39, 0.29) is 5.41 Å². The lowest BCUT2D eigenvalue weighted by atomic mass is 9.99. The Morgan fingerprint density at radius 1 is 0.824 bits per heavy atom. The molecular weight excluding hydrogens is 208 g/mol. The second-order valence-electron chi connectivity index (χ2n) is 6.30. The highest BCUT2D eigenvalue weighted by Crippen LogP contribution is 2.15. The second kappa shape index (κ2) is 11.1. The molecule has 0 aliphatic carbocycles. The van der Waals surface area contributed by atoms with Crippen molar-refractivity contribution >= 4 is 0 Å². The highest BCUT2D eigenvalue weighted by molar-refractivity contribution is 4.61. The normalized spacial score (nSPS) is 12.0. The highest BCUT2D eigenvalue weighted by atomic mass is 16.5. The predicted octanol–water partition coefficient (Wildman–Crippen LogP) is 5.74. The zero-order chi connectivity index (χ0) is 13.0. The summed E-state index contributed by atoms with van der Waals surface area (Å²) in [6, 6.07) is 0. The van der Waals surface area contributed by atoms with Crippen LogP contribution in [0, 0.1) is 12.0 Å². The van der Waals surface area contributed by atoms with Crippen LogP contribution in [0.2, 0.25) is 0 Å². The number of hydrogen-bond donors (Lipinski definition) is 0. The van der Waals surface area contributed by atoms with Crippen LogP contribution in [0.15, 0.2) is 0 Å². The van der Waals surface area contributed by atoms with Crippen LogP contribution in [-0.4, -0.2) is 6.61 Å². The Morgan fingerprint density at radius 2 is 1.35 bits per heavy atom. The van der Waals surface area contributed by atoms with E-state index >= 15 is 0 Å². The second-order valence-corrected chi connectivity index (χ2v) is 6.30. The van der Waals surface area contributed by atoms with Crippen LogP contribution in [0.5, 0.6) is 0 Å². The zero-order valence-electron chi connectivity index (χ0n) is 12.6. The molecule has 0 bridgehead atoms. The Labute approximate surface area is 109 Å². The van der Waals surface area contributed by atoms with Gasteiger partial charge in [-0.3, -0.25) is 0 Å². The lowest BCUT2D eigenvalue weighted by molar-refractivity contribution is 0.113. The van der Waals surface area contributed by atoms with E-state index in [1.54, 1.807) is 0 Å². The van der Waals surface area contributed by atoms with Gasteiger partial charge >= 0.3 is 0 Å². The van der Waals surface area contributed by atoms with Crippen molar-refractivity contribution in [2.45, 2.75) is 85.5 Å². The van der Waals surface area contributed by atoms with Crippen molar-refractivity contribution in [1.29, 1.82) is 0 Å². The quantitative estimate of drug-likeness (QED) is 0.419. The first kappa shape index (κ1) is 17.0. The SMILES string of the molecule is CCCCCCCCCC[CH]OCC(C)(C)C. The van der Waals surface area contributed by atoms with Crippen LogP contribution in [-0.2, 0) is 4.74 Å². The Hall–Kier alpha value is -0.0400. The first-order valence-electron chi connectivity index (χ1n) is 7.49. The average molecular weight is 241 g/mol. The molecule has 0 aliphatic heterocycles. The van der Waals surface area contributed by atoms with Gasteiger partial charge in [0.15, 0.2) is 0 Å². The van der Waals surface area contributed by atoms with Crippen LogP contribution < -0.4 is 0 Å². The minimum atomic E-state index is 0.287. The Kier molecular flexibility index (Phi) is 11.0. The van der Waals surface area contributed by atoms with Crippen molar-refractivity contribution in [3.63, 3.8) is 0 Å². The lowest BCUT2D eigenvalue weighted by Crippen LogP contribution is -2.13. The Balaban J connectivity index is 2.99. The largest absolute Gasteiger partial charge is 0.375 e. The molecular formula is C16H33O. The van der Waals surface area contributed by atoms with Crippen LogP contribution in [0.1, 0.15) is 85.5 Å². The van der Waals surface area contributed by atoms with Crippen molar-refractivity contribution in [2.24, 2.45) is 5.41 Å². The maximum Gasteiger partial charge on any atom is 0.0836 e. The van der Waals surface area contributed by atoms with Crippen LogP contribution >= 0.6 is 0 Å². The monoisotopic (exact) mass is 241 g/mol. The topological polar surface area (TPSA) is 9.23 Å². The minimum Gasteiger partial charge on any atom is -0.375 e. The van der Waals surface area contributed by atoms with E-state index in [4.69, 9.17) is 4.74 Å². The zero-order valence-corrected chi connectivity index (χ0v) is 12.6. The maximum atomic E-state index is 5.53. The van der Waals surface area contributed by atoms with E-state index in [9.17, 15) is 0 Å². The third kappa shape index (κ3) is 16.0.